The summed E-state index contributed by atoms with van der Waals surface area (Å²) in [5.74, 6) is 0.567. The second kappa shape index (κ2) is 5.16. The Hall–Kier alpha value is -2.86. The first-order valence-electron chi connectivity index (χ1n) is 6.68. The topological polar surface area (TPSA) is 60.2 Å². The number of thiazole rings is 1. The summed E-state index contributed by atoms with van der Waals surface area (Å²) in [5.41, 5.74) is 1.63. The normalized spacial score (nSPS) is 12.1. The van der Waals surface area contributed by atoms with E-state index in [0.29, 0.717) is 15.3 Å². The predicted molar refractivity (Wildman–Crippen MR) is 85.6 cm³/mol. The third-order valence-electron chi connectivity index (χ3n) is 3.20. The smallest absolute Gasteiger partial charge is 0.266 e. The minimum absolute atomic E-state index is 0.154. The molecule has 0 spiro atoms. The number of fused-ring (bicyclic) bond motifs is 1. The average Bonchev–Trinajstić information content (AvgIpc) is 3.10. The van der Waals surface area contributed by atoms with Crippen LogP contribution in [0.4, 0.5) is 0 Å². The fourth-order valence-electron chi connectivity index (χ4n) is 2.16. The second-order valence-electron chi connectivity index (χ2n) is 4.70. The van der Waals surface area contributed by atoms with Gasteiger partial charge in [0.1, 0.15) is 0 Å². The van der Waals surface area contributed by atoms with Gasteiger partial charge >= 0.3 is 0 Å². The lowest BCUT2D eigenvalue weighted by Crippen LogP contribution is -2.23. The van der Waals surface area contributed by atoms with Crippen LogP contribution >= 0.6 is 11.3 Å². The van der Waals surface area contributed by atoms with Crippen LogP contribution in [0.5, 0.6) is 0 Å². The summed E-state index contributed by atoms with van der Waals surface area (Å²) in [6, 6.07) is 13.4. The maximum Gasteiger partial charge on any atom is 0.291 e. The quantitative estimate of drug-likeness (QED) is 0.566. The number of hydrogen-bond acceptors (Lipinski definition) is 5. The largest absolute Gasteiger partial charge is 0.291 e. The van der Waals surface area contributed by atoms with Crippen molar-refractivity contribution in [2.75, 3.05) is 0 Å². The lowest BCUT2D eigenvalue weighted by molar-refractivity contribution is 0.937. The molecular weight excluding hydrogens is 296 g/mol. The van der Waals surface area contributed by atoms with Crippen LogP contribution in [0.1, 0.15) is 5.56 Å². The molecule has 0 aliphatic heterocycles. The molecule has 0 N–H and O–H groups in total. The van der Waals surface area contributed by atoms with Gasteiger partial charge in [0, 0.05) is 18.0 Å². The molecule has 3 aromatic heterocycles. The van der Waals surface area contributed by atoms with E-state index in [2.05, 4.69) is 15.1 Å². The number of rotatable bonds is 2. The molecule has 4 rings (SSSR count). The van der Waals surface area contributed by atoms with Crippen molar-refractivity contribution in [2.45, 2.75) is 0 Å². The summed E-state index contributed by atoms with van der Waals surface area (Å²) in [6.07, 6.45) is 5.22. The number of hydrogen-bond donors (Lipinski definition) is 0. The third kappa shape index (κ3) is 2.19. The van der Waals surface area contributed by atoms with E-state index in [-0.39, 0.29) is 5.56 Å². The minimum Gasteiger partial charge on any atom is -0.266 e. The molecule has 0 aliphatic carbocycles. The Balaban J connectivity index is 1.85. The van der Waals surface area contributed by atoms with E-state index in [4.69, 9.17) is 0 Å². The lowest BCUT2D eigenvalue weighted by Gasteiger charge is -1.91. The highest BCUT2D eigenvalue weighted by Crippen LogP contribution is 2.15. The summed E-state index contributed by atoms with van der Waals surface area (Å²) in [6.45, 7) is 0. The molecule has 1 aromatic carbocycles. The summed E-state index contributed by atoms with van der Waals surface area (Å²) < 4.78 is 1.96. The number of benzene rings is 1. The van der Waals surface area contributed by atoms with Gasteiger partial charge in [0.05, 0.1) is 4.53 Å². The maximum absolute atomic E-state index is 12.4. The SMILES string of the molecule is O=c1/c(=C/c2cccnc2)sc2nc(-c3ccccc3)nn12. The Bertz CT molecular complexity index is 1040. The van der Waals surface area contributed by atoms with Crippen molar-refractivity contribution in [1.29, 1.82) is 0 Å². The molecule has 0 fully saturated rings. The highest BCUT2D eigenvalue weighted by atomic mass is 32.1. The molecule has 0 bridgehead atoms. The van der Waals surface area contributed by atoms with Crippen LogP contribution in [0.2, 0.25) is 0 Å². The summed E-state index contributed by atoms with van der Waals surface area (Å²) in [7, 11) is 0. The van der Waals surface area contributed by atoms with Crippen LogP contribution in [-0.4, -0.2) is 19.6 Å². The zero-order chi connectivity index (χ0) is 14.9. The molecule has 0 saturated carbocycles. The van der Waals surface area contributed by atoms with Gasteiger partial charge in [0.15, 0.2) is 5.82 Å². The summed E-state index contributed by atoms with van der Waals surface area (Å²) in [4.78, 5) is 21.5. The van der Waals surface area contributed by atoms with Gasteiger partial charge in [-0.2, -0.15) is 9.50 Å². The van der Waals surface area contributed by atoms with Gasteiger partial charge < -0.3 is 0 Å². The number of nitrogens with zero attached hydrogens (tertiary/aromatic N) is 4. The first-order valence-corrected chi connectivity index (χ1v) is 7.50. The van der Waals surface area contributed by atoms with Gasteiger partial charge in [-0.25, -0.2) is 0 Å². The Kier molecular flexibility index (Phi) is 3.01. The van der Waals surface area contributed by atoms with Crippen molar-refractivity contribution < 1.29 is 0 Å². The fraction of sp³-hybridized carbons (Fsp3) is 0. The van der Waals surface area contributed by atoms with E-state index >= 15 is 0 Å². The van der Waals surface area contributed by atoms with Crippen molar-refractivity contribution in [2.24, 2.45) is 0 Å². The predicted octanol–water partition coefficient (Wildman–Crippen LogP) is 1.76. The molecule has 0 aliphatic rings. The van der Waals surface area contributed by atoms with Gasteiger partial charge in [-0.15, -0.1) is 5.10 Å². The fourth-order valence-corrected chi connectivity index (χ4v) is 3.06. The van der Waals surface area contributed by atoms with Gasteiger partial charge in [0.25, 0.3) is 5.56 Å². The molecule has 4 aromatic rings. The molecule has 106 valence electrons. The minimum atomic E-state index is -0.154. The summed E-state index contributed by atoms with van der Waals surface area (Å²) >= 11 is 1.33. The Morgan fingerprint density at radius 1 is 1.09 bits per heavy atom. The maximum atomic E-state index is 12.4. The van der Waals surface area contributed by atoms with Crippen LogP contribution in [0.3, 0.4) is 0 Å². The molecular formula is C16H10N4OS. The van der Waals surface area contributed by atoms with E-state index in [1.165, 1.54) is 15.9 Å². The van der Waals surface area contributed by atoms with Gasteiger partial charge in [-0.3, -0.25) is 9.78 Å². The highest BCUT2D eigenvalue weighted by molar-refractivity contribution is 7.15. The van der Waals surface area contributed by atoms with Crippen LogP contribution in [-0.2, 0) is 0 Å². The Morgan fingerprint density at radius 2 is 1.95 bits per heavy atom. The first-order chi connectivity index (χ1) is 10.8. The molecule has 0 unspecified atom stereocenters. The van der Waals surface area contributed by atoms with Gasteiger partial charge in [-0.05, 0) is 17.7 Å². The van der Waals surface area contributed by atoms with Crippen LogP contribution in [0, 0.1) is 0 Å². The zero-order valence-corrected chi connectivity index (χ0v) is 12.2. The molecule has 3 heterocycles. The van der Waals surface area contributed by atoms with E-state index in [1.54, 1.807) is 18.5 Å². The van der Waals surface area contributed by atoms with E-state index < -0.39 is 0 Å². The highest BCUT2D eigenvalue weighted by Gasteiger charge is 2.11. The number of aromatic nitrogens is 4. The molecule has 0 radical (unpaired) electrons. The standard InChI is InChI=1S/C16H10N4OS/c21-15-13(9-11-5-4-8-17-10-11)22-16-18-14(19-20(15)16)12-6-2-1-3-7-12/h1-10H/b13-9-. The van der Waals surface area contributed by atoms with Crippen molar-refractivity contribution in [1.82, 2.24) is 19.6 Å². The Labute approximate surface area is 129 Å². The van der Waals surface area contributed by atoms with Crippen molar-refractivity contribution in [3.05, 3.63) is 75.3 Å². The van der Waals surface area contributed by atoms with Crippen LogP contribution in [0.25, 0.3) is 22.4 Å². The van der Waals surface area contributed by atoms with Crippen molar-refractivity contribution in [3.8, 4) is 11.4 Å². The van der Waals surface area contributed by atoms with Crippen molar-refractivity contribution in [3.63, 3.8) is 0 Å². The molecule has 5 nitrogen and oxygen atoms in total. The van der Waals surface area contributed by atoms with Gasteiger partial charge in [0.2, 0.25) is 4.96 Å². The first kappa shape index (κ1) is 12.8. The molecule has 22 heavy (non-hydrogen) atoms. The molecule has 0 saturated heterocycles. The monoisotopic (exact) mass is 306 g/mol. The third-order valence-corrected chi connectivity index (χ3v) is 4.16. The molecule has 6 heteroatoms. The van der Waals surface area contributed by atoms with E-state index in [9.17, 15) is 4.79 Å². The molecule has 0 atom stereocenters. The number of pyridine rings is 1. The van der Waals surface area contributed by atoms with Crippen LogP contribution < -0.4 is 10.1 Å². The lowest BCUT2D eigenvalue weighted by atomic mass is 10.2. The molecule has 0 amide bonds. The van der Waals surface area contributed by atoms with Gasteiger partial charge in [-0.1, -0.05) is 47.7 Å². The summed E-state index contributed by atoms with van der Waals surface area (Å²) in [5, 5.41) is 4.31. The second-order valence-corrected chi connectivity index (χ2v) is 5.71. The van der Waals surface area contributed by atoms with E-state index in [0.717, 1.165) is 11.1 Å². The van der Waals surface area contributed by atoms with Crippen molar-refractivity contribution >= 4 is 22.4 Å². The van der Waals surface area contributed by atoms with Crippen LogP contribution in [0.15, 0.2) is 59.7 Å². The zero-order valence-electron chi connectivity index (χ0n) is 11.4. The Morgan fingerprint density at radius 3 is 2.68 bits per heavy atom. The van der Waals surface area contributed by atoms with E-state index in [1.807, 2.05) is 42.5 Å². The average molecular weight is 306 g/mol.